The fourth-order valence-electron chi connectivity index (χ4n) is 2.91. The highest BCUT2D eigenvalue weighted by Crippen LogP contribution is 2.31. The van der Waals surface area contributed by atoms with Crippen molar-refractivity contribution in [3.8, 4) is 17.2 Å². The molecule has 3 rings (SSSR count). The molecule has 0 spiro atoms. The number of hydrogen-bond acceptors (Lipinski definition) is 8. The first-order valence-electron chi connectivity index (χ1n) is 9.64. The summed E-state index contributed by atoms with van der Waals surface area (Å²) in [7, 11) is -4.02. The van der Waals surface area contributed by atoms with E-state index in [1.54, 1.807) is 13.8 Å². The lowest BCUT2D eigenvalue weighted by molar-refractivity contribution is -0.274. The molecule has 0 aromatic heterocycles. The van der Waals surface area contributed by atoms with Crippen molar-refractivity contribution in [1.82, 2.24) is 5.06 Å². The number of sulfone groups is 1. The Morgan fingerprint density at radius 1 is 1.06 bits per heavy atom. The molecule has 0 fully saturated rings. The summed E-state index contributed by atoms with van der Waals surface area (Å²) in [4.78, 5) is 10.9. The first kappa shape index (κ1) is 25.2. The fraction of sp³-hybridized carbons (Fsp3) is 0.286. The number of hydroxylamine groups is 2. The summed E-state index contributed by atoms with van der Waals surface area (Å²) in [6.45, 7) is 3.14. The minimum atomic E-state index is -4.81. The van der Waals surface area contributed by atoms with E-state index in [0.717, 1.165) is 18.4 Å². The summed E-state index contributed by atoms with van der Waals surface area (Å²) < 4.78 is 82.4. The molecule has 2 aromatic carbocycles. The minimum absolute atomic E-state index is 0.0407. The van der Waals surface area contributed by atoms with Crippen molar-refractivity contribution in [3.05, 3.63) is 60.6 Å². The van der Waals surface area contributed by atoms with E-state index in [9.17, 15) is 31.6 Å². The van der Waals surface area contributed by atoms with Crippen molar-refractivity contribution in [1.29, 1.82) is 0 Å². The predicted molar refractivity (Wildman–Crippen MR) is 110 cm³/mol. The van der Waals surface area contributed by atoms with Crippen LogP contribution in [0.3, 0.4) is 0 Å². The Labute approximate surface area is 192 Å². The van der Waals surface area contributed by atoms with Crippen molar-refractivity contribution >= 4 is 16.2 Å². The largest absolute Gasteiger partial charge is 0.573 e. The summed E-state index contributed by atoms with van der Waals surface area (Å²) in [6, 6.07) is 8.48. The van der Waals surface area contributed by atoms with E-state index in [-0.39, 0.29) is 33.6 Å². The number of carbonyl (C=O) groups is 1. The van der Waals surface area contributed by atoms with E-state index in [1.165, 1.54) is 36.4 Å². The van der Waals surface area contributed by atoms with Gasteiger partial charge in [-0.3, -0.25) is 10.0 Å². The van der Waals surface area contributed by atoms with Crippen LogP contribution in [0.2, 0.25) is 0 Å². The number of carbonyl (C=O) groups excluding carboxylic acids is 1. The molecule has 0 radical (unpaired) electrons. The van der Waals surface area contributed by atoms with Crippen LogP contribution in [0.25, 0.3) is 0 Å². The van der Waals surface area contributed by atoms with Gasteiger partial charge in [0.1, 0.15) is 29.6 Å². The number of rotatable bonds is 9. The Balaban J connectivity index is 1.70. The van der Waals surface area contributed by atoms with Crippen LogP contribution in [-0.2, 0) is 24.1 Å². The smallest absolute Gasteiger partial charge is 0.457 e. The summed E-state index contributed by atoms with van der Waals surface area (Å²) in [6.07, 6.45) is -3.63. The molecule has 13 heteroatoms. The van der Waals surface area contributed by atoms with Crippen LogP contribution in [-0.4, -0.2) is 49.0 Å². The monoisotopic (exact) mass is 503 g/mol. The van der Waals surface area contributed by atoms with E-state index >= 15 is 0 Å². The number of hydrogen-bond donors (Lipinski definition) is 1. The number of halogens is 3. The van der Waals surface area contributed by atoms with Gasteiger partial charge in [-0.25, -0.2) is 13.5 Å². The molecule has 1 atom stereocenters. The van der Waals surface area contributed by atoms with Gasteiger partial charge in [-0.1, -0.05) is 0 Å². The zero-order valence-electron chi connectivity index (χ0n) is 17.9. The Bertz CT molecular complexity index is 1150. The second kappa shape index (κ2) is 9.43. The van der Waals surface area contributed by atoms with Gasteiger partial charge in [-0.2, -0.15) is 0 Å². The summed E-state index contributed by atoms with van der Waals surface area (Å²) >= 11 is 0. The molecule has 34 heavy (non-hydrogen) atoms. The van der Waals surface area contributed by atoms with Crippen LogP contribution in [0.4, 0.5) is 13.2 Å². The highest BCUT2D eigenvalue weighted by atomic mass is 32.2. The van der Waals surface area contributed by atoms with Crippen molar-refractivity contribution < 1.29 is 50.5 Å². The van der Waals surface area contributed by atoms with Gasteiger partial charge in [0.2, 0.25) is 12.2 Å². The van der Waals surface area contributed by atoms with Crippen molar-refractivity contribution in [2.75, 3.05) is 5.75 Å². The molecule has 0 unspecified atom stereocenters. The maximum Gasteiger partial charge on any atom is 0.573 e. The molecular weight excluding hydrogens is 483 g/mol. The number of benzene rings is 2. The lowest BCUT2D eigenvalue weighted by atomic mass is 10.3. The van der Waals surface area contributed by atoms with E-state index in [0.29, 0.717) is 0 Å². The van der Waals surface area contributed by atoms with Crippen molar-refractivity contribution in [2.45, 2.75) is 36.9 Å². The zero-order chi connectivity index (χ0) is 25.1. The van der Waals surface area contributed by atoms with Crippen LogP contribution in [0.5, 0.6) is 17.2 Å². The molecule has 0 bridgehead atoms. The first-order valence-corrected chi connectivity index (χ1v) is 11.3. The quantitative estimate of drug-likeness (QED) is 0.311. The van der Waals surface area contributed by atoms with Gasteiger partial charge in [0.25, 0.3) is 0 Å². The third kappa shape index (κ3) is 6.54. The third-order valence-corrected chi connectivity index (χ3v) is 6.18. The van der Waals surface area contributed by atoms with Gasteiger partial charge in [-0.05, 0) is 48.5 Å². The number of amides is 1. The highest BCUT2D eigenvalue weighted by Gasteiger charge is 2.37. The molecule has 9 nitrogen and oxygen atoms in total. The van der Waals surface area contributed by atoms with Crippen molar-refractivity contribution in [2.24, 2.45) is 0 Å². The van der Waals surface area contributed by atoms with Crippen LogP contribution in [0, 0.1) is 0 Å². The SMILES string of the molecule is CC1(C)OC=C([C@@H](CS(=O)(=O)c2ccc(Oc3ccc(OC(F)(F)F)cc3)cc2)N(O)C=O)O1. The third-order valence-electron chi connectivity index (χ3n) is 4.43. The van der Waals surface area contributed by atoms with Gasteiger partial charge in [0.05, 0.1) is 10.6 Å². The van der Waals surface area contributed by atoms with Gasteiger partial charge in [0.15, 0.2) is 15.6 Å². The van der Waals surface area contributed by atoms with Crippen LogP contribution in [0.15, 0.2) is 65.4 Å². The van der Waals surface area contributed by atoms with Crippen LogP contribution < -0.4 is 9.47 Å². The van der Waals surface area contributed by atoms with Gasteiger partial charge >= 0.3 is 6.36 Å². The molecule has 184 valence electrons. The minimum Gasteiger partial charge on any atom is -0.457 e. The van der Waals surface area contributed by atoms with Crippen LogP contribution >= 0.6 is 0 Å². The average Bonchev–Trinajstić information content (AvgIpc) is 3.11. The topological polar surface area (TPSA) is 112 Å². The predicted octanol–water partition coefficient (Wildman–Crippen LogP) is 3.99. The van der Waals surface area contributed by atoms with Gasteiger partial charge < -0.3 is 18.9 Å². The number of alkyl halides is 3. The fourth-order valence-corrected chi connectivity index (χ4v) is 4.38. The maximum absolute atomic E-state index is 12.9. The lowest BCUT2D eigenvalue weighted by Gasteiger charge is -2.25. The summed E-state index contributed by atoms with van der Waals surface area (Å²) in [5.41, 5.74) is 0. The molecule has 1 aliphatic rings. The average molecular weight is 503 g/mol. The van der Waals surface area contributed by atoms with Crippen molar-refractivity contribution in [3.63, 3.8) is 0 Å². The maximum atomic E-state index is 12.9. The molecule has 0 saturated heterocycles. The molecule has 0 saturated carbocycles. The summed E-state index contributed by atoms with van der Waals surface area (Å²) in [5, 5.41) is 10.1. The van der Waals surface area contributed by atoms with Crippen LogP contribution in [0.1, 0.15) is 13.8 Å². The molecule has 1 aliphatic heterocycles. The second-order valence-electron chi connectivity index (χ2n) is 7.52. The first-order chi connectivity index (χ1) is 15.8. The second-order valence-corrected chi connectivity index (χ2v) is 9.55. The molecule has 1 heterocycles. The van der Waals surface area contributed by atoms with Gasteiger partial charge in [-0.15, -0.1) is 13.2 Å². The highest BCUT2D eigenvalue weighted by molar-refractivity contribution is 7.91. The van der Waals surface area contributed by atoms with Gasteiger partial charge in [0, 0.05) is 13.8 Å². The molecular formula is C21H20F3NO8S. The molecule has 2 aromatic rings. The Morgan fingerprint density at radius 3 is 2.06 bits per heavy atom. The standard InChI is InChI=1S/C21H20F3NO8S/c1-20(2)30-11-19(33-20)18(25(27)13-26)12-34(28,29)17-9-7-15(8-10-17)31-14-3-5-16(6-4-14)32-21(22,23)24/h3-11,13,18,27H,12H2,1-2H3/t18-/m1/s1. The van der Waals surface area contributed by atoms with E-state index in [4.69, 9.17) is 14.2 Å². The summed E-state index contributed by atoms with van der Waals surface area (Å²) in [5.74, 6) is -1.83. The Morgan fingerprint density at radius 2 is 1.59 bits per heavy atom. The van der Waals surface area contributed by atoms with E-state index in [2.05, 4.69) is 4.74 Å². The number of ether oxygens (including phenoxy) is 4. The molecule has 0 aliphatic carbocycles. The Kier molecular flexibility index (Phi) is 6.98. The molecule has 1 amide bonds. The van der Waals surface area contributed by atoms with E-state index < -0.39 is 39.5 Å². The van der Waals surface area contributed by atoms with E-state index in [1.807, 2.05) is 0 Å². The normalized spacial score (nSPS) is 16.0. The molecule has 1 N–H and O–H groups in total. The lowest BCUT2D eigenvalue weighted by Crippen LogP contribution is -2.39. The Hall–Kier alpha value is -3.45. The number of nitrogens with zero attached hydrogens (tertiary/aromatic N) is 1. The zero-order valence-corrected chi connectivity index (χ0v) is 18.7.